The molecule has 0 aromatic carbocycles. The number of pyridine rings is 1. The lowest BCUT2D eigenvalue weighted by molar-refractivity contribution is -0.141. The first-order chi connectivity index (χ1) is 16.2. The number of anilines is 1. The Balaban J connectivity index is 1.33. The third-order valence-electron chi connectivity index (χ3n) is 8.42. The molecule has 4 saturated carbocycles. The summed E-state index contributed by atoms with van der Waals surface area (Å²) >= 11 is 1.62. The van der Waals surface area contributed by atoms with Gasteiger partial charge in [0, 0.05) is 19.1 Å². The van der Waals surface area contributed by atoms with Crippen LogP contribution in [0.4, 0.5) is 5.82 Å². The molecule has 1 unspecified atom stereocenters. The fourth-order valence-corrected chi connectivity index (χ4v) is 8.15. The van der Waals surface area contributed by atoms with Gasteiger partial charge in [0.25, 0.3) is 5.91 Å². The van der Waals surface area contributed by atoms with Gasteiger partial charge in [0.05, 0.1) is 17.1 Å². The summed E-state index contributed by atoms with van der Waals surface area (Å²) < 4.78 is 0. The molecule has 186 valence electrons. The first-order valence-corrected chi connectivity index (χ1v) is 13.8. The summed E-state index contributed by atoms with van der Waals surface area (Å²) in [5.41, 5.74) is 0.0986. The van der Waals surface area contributed by atoms with E-state index in [1.807, 2.05) is 17.0 Å². The summed E-state index contributed by atoms with van der Waals surface area (Å²) in [5.74, 6) is 2.35. The van der Waals surface area contributed by atoms with Crippen LogP contribution in [0, 0.1) is 29.6 Å². The molecule has 4 bridgehead atoms. The van der Waals surface area contributed by atoms with Crippen LogP contribution in [0.15, 0.2) is 17.2 Å². The molecular weight excluding hydrogens is 450 g/mol. The molecular formula is C26H37N3O4S. The molecule has 6 rings (SSSR count). The van der Waals surface area contributed by atoms with Crippen LogP contribution in [0.3, 0.4) is 0 Å². The van der Waals surface area contributed by atoms with Gasteiger partial charge < -0.3 is 20.4 Å². The molecule has 0 radical (unpaired) electrons. The highest BCUT2D eigenvalue weighted by molar-refractivity contribution is 7.99. The van der Waals surface area contributed by atoms with Crippen molar-refractivity contribution in [1.29, 1.82) is 0 Å². The molecule has 4 aliphatic carbocycles. The van der Waals surface area contributed by atoms with Crippen molar-refractivity contribution in [3.63, 3.8) is 0 Å². The van der Waals surface area contributed by atoms with Gasteiger partial charge in [-0.25, -0.2) is 4.98 Å². The zero-order valence-electron chi connectivity index (χ0n) is 20.2. The number of hydrogen-bond acceptors (Lipinski definition) is 6. The number of carbonyl (C=O) groups is 2. The van der Waals surface area contributed by atoms with Crippen LogP contribution in [-0.2, 0) is 4.79 Å². The lowest BCUT2D eigenvalue weighted by Gasteiger charge is -2.58. The average molecular weight is 488 g/mol. The predicted octanol–water partition coefficient (Wildman–Crippen LogP) is 3.80. The Kier molecular flexibility index (Phi) is 6.57. The number of amides is 1. The van der Waals surface area contributed by atoms with Gasteiger partial charge in [-0.3, -0.25) is 9.59 Å². The molecule has 5 aliphatic rings. The van der Waals surface area contributed by atoms with E-state index in [4.69, 9.17) is 4.98 Å². The molecule has 1 aliphatic heterocycles. The maximum Gasteiger partial charge on any atom is 0.308 e. The van der Waals surface area contributed by atoms with Gasteiger partial charge in [-0.2, -0.15) is 0 Å². The van der Waals surface area contributed by atoms with Crippen LogP contribution >= 0.6 is 11.8 Å². The van der Waals surface area contributed by atoms with E-state index in [2.05, 4.69) is 19.2 Å². The second-order valence-electron chi connectivity index (χ2n) is 11.5. The summed E-state index contributed by atoms with van der Waals surface area (Å²) in [6.07, 6.45) is 6.41. The highest BCUT2D eigenvalue weighted by atomic mass is 32.2. The lowest BCUT2D eigenvalue weighted by Crippen LogP contribution is -2.61. The van der Waals surface area contributed by atoms with Crippen LogP contribution in [0.2, 0.25) is 0 Å². The monoisotopic (exact) mass is 487 g/mol. The Morgan fingerprint density at radius 2 is 1.97 bits per heavy atom. The van der Waals surface area contributed by atoms with Crippen LogP contribution in [0.5, 0.6) is 0 Å². The van der Waals surface area contributed by atoms with Crippen molar-refractivity contribution < 1.29 is 19.8 Å². The van der Waals surface area contributed by atoms with E-state index in [1.54, 1.807) is 11.8 Å². The number of carboxylic acid groups (broad SMARTS) is 1. The van der Waals surface area contributed by atoms with Gasteiger partial charge in [0.2, 0.25) is 0 Å². The van der Waals surface area contributed by atoms with E-state index >= 15 is 0 Å². The number of thioether (sulfide) groups is 1. The minimum Gasteiger partial charge on any atom is -0.481 e. The second kappa shape index (κ2) is 9.34. The van der Waals surface area contributed by atoms with E-state index in [0.29, 0.717) is 48.7 Å². The third kappa shape index (κ3) is 4.81. The predicted molar refractivity (Wildman–Crippen MR) is 132 cm³/mol. The molecule has 3 N–H and O–H groups in total. The molecule has 1 saturated heterocycles. The second-order valence-corrected chi connectivity index (χ2v) is 12.6. The maximum atomic E-state index is 13.5. The van der Waals surface area contributed by atoms with Gasteiger partial charge in [0.1, 0.15) is 10.8 Å². The summed E-state index contributed by atoms with van der Waals surface area (Å²) in [5, 5.41) is 24.3. The third-order valence-corrected chi connectivity index (χ3v) is 9.45. The number of aliphatic hydroxyl groups is 1. The van der Waals surface area contributed by atoms with E-state index < -0.39 is 11.6 Å². The van der Waals surface area contributed by atoms with Crippen LogP contribution < -0.4 is 10.2 Å². The maximum absolute atomic E-state index is 13.5. The van der Waals surface area contributed by atoms with Gasteiger partial charge in [-0.15, -0.1) is 11.8 Å². The van der Waals surface area contributed by atoms with Crippen molar-refractivity contribution in [3.05, 3.63) is 17.7 Å². The highest BCUT2D eigenvalue weighted by Gasteiger charge is 2.55. The number of nitrogens with one attached hydrogen (secondary N) is 1. The average Bonchev–Trinajstić information content (AvgIpc) is 3.25. The summed E-state index contributed by atoms with van der Waals surface area (Å²) in [6, 6.07) is 3.87. The van der Waals surface area contributed by atoms with Gasteiger partial charge in [0.15, 0.2) is 0 Å². The number of aromatic nitrogens is 1. The topological polar surface area (TPSA) is 103 Å². The quantitative estimate of drug-likeness (QED) is 0.479. The van der Waals surface area contributed by atoms with Crippen molar-refractivity contribution in [2.45, 2.75) is 75.5 Å². The minimum absolute atomic E-state index is 0.0691. The molecule has 1 amide bonds. The number of carbonyl (C=O) groups excluding carboxylic acids is 1. The summed E-state index contributed by atoms with van der Waals surface area (Å²) in [6.45, 7) is 5.50. The van der Waals surface area contributed by atoms with Crippen LogP contribution in [-0.4, -0.2) is 57.6 Å². The minimum atomic E-state index is -0.759. The Bertz CT molecular complexity index is 938. The van der Waals surface area contributed by atoms with Crippen molar-refractivity contribution in [2.24, 2.45) is 29.6 Å². The molecule has 34 heavy (non-hydrogen) atoms. The normalized spacial score (nSPS) is 34.1. The van der Waals surface area contributed by atoms with E-state index in [9.17, 15) is 19.8 Å². The first kappa shape index (κ1) is 23.9. The Hall–Kier alpha value is -1.80. The fourth-order valence-electron chi connectivity index (χ4n) is 6.90. The van der Waals surface area contributed by atoms with E-state index in [0.717, 1.165) is 55.1 Å². The Morgan fingerprint density at radius 3 is 2.59 bits per heavy atom. The zero-order chi connectivity index (χ0) is 24.0. The number of rotatable bonds is 8. The standard InChI is InChI=1S/C26H37N3O4S/c1-15(2)6-8-34-24-20(3-4-21(27-24)29-7-5-17(14-29)25(31)32)23(30)28-22-18-9-16-10-19(22)13-26(33,11-16)12-18/h3-4,15-19,22,33H,5-14H2,1-2H3,(H,28,30)(H,31,32)/t16?,17?,18-,19-,22?,26?/m1/s1. The molecule has 7 nitrogen and oxygen atoms in total. The number of carboxylic acids is 1. The Morgan fingerprint density at radius 1 is 1.24 bits per heavy atom. The molecule has 5 fully saturated rings. The lowest BCUT2D eigenvalue weighted by atomic mass is 9.52. The van der Waals surface area contributed by atoms with Crippen LogP contribution in [0.1, 0.15) is 69.2 Å². The molecule has 0 spiro atoms. The number of hydrogen-bond donors (Lipinski definition) is 3. The SMILES string of the molecule is CC(C)CCSc1nc(N2CCC(C(=O)O)C2)ccc1C(=O)NC1[C@@H]2CC3C[C@@H]1CC(O)(C3)C2. The number of nitrogens with zero attached hydrogens (tertiary/aromatic N) is 2. The molecule has 8 heteroatoms. The van der Waals surface area contributed by atoms with Crippen molar-refractivity contribution in [3.8, 4) is 0 Å². The van der Waals surface area contributed by atoms with Crippen molar-refractivity contribution in [2.75, 3.05) is 23.7 Å². The summed E-state index contributed by atoms with van der Waals surface area (Å²) in [4.78, 5) is 31.8. The van der Waals surface area contributed by atoms with E-state index in [-0.39, 0.29) is 17.9 Å². The highest BCUT2D eigenvalue weighted by Crippen LogP contribution is 2.55. The van der Waals surface area contributed by atoms with Gasteiger partial charge >= 0.3 is 5.97 Å². The largest absolute Gasteiger partial charge is 0.481 e. The molecule has 1 aromatic rings. The van der Waals surface area contributed by atoms with Crippen molar-refractivity contribution in [1.82, 2.24) is 10.3 Å². The van der Waals surface area contributed by atoms with Gasteiger partial charge in [-0.05, 0) is 86.5 Å². The molecule has 3 atom stereocenters. The van der Waals surface area contributed by atoms with Gasteiger partial charge in [-0.1, -0.05) is 13.8 Å². The summed E-state index contributed by atoms with van der Waals surface area (Å²) in [7, 11) is 0. The molecule has 2 heterocycles. The Labute approximate surface area is 206 Å². The molecule has 1 aromatic heterocycles. The van der Waals surface area contributed by atoms with E-state index in [1.165, 1.54) is 0 Å². The van der Waals surface area contributed by atoms with Crippen molar-refractivity contribution >= 4 is 29.5 Å². The number of aliphatic carboxylic acids is 1. The fraction of sp³-hybridized carbons (Fsp3) is 0.731. The zero-order valence-corrected chi connectivity index (χ0v) is 21.0. The van der Waals surface area contributed by atoms with Crippen LogP contribution in [0.25, 0.3) is 0 Å². The first-order valence-electron chi connectivity index (χ1n) is 12.9. The smallest absolute Gasteiger partial charge is 0.308 e.